The second-order valence-corrected chi connectivity index (χ2v) is 9.67. The molecular weight excluding hydrogens is 516 g/mol. The largest absolute Gasteiger partial charge is 0.394 e. The minimum absolute atomic E-state index is 0.0726. The van der Waals surface area contributed by atoms with E-state index >= 15 is 0 Å². The first-order valence-corrected chi connectivity index (χ1v) is 13.2. The van der Waals surface area contributed by atoms with Gasteiger partial charge in [-0.3, -0.25) is 4.79 Å². The Morgan fingerprint density at radius 3 is 2.48 bits per heavy atom. The molecule has 4 heterocycles. The van der Waals surface area contributed by atoms with E-state index in [-0.39, 0.29) is 18.6 Å². The van der Waals surface area contributed by atoms with Gasteiger partial charge >= 0.3 is 6.03 Å². The Morgan fingerprint density at radius 2 is 1.68 bits per heavy atom. The lowest BCUT2D eigenvalue weighted by Gasteiger charge is -2.35. The van der Waals surface area contributed by atoms with Gasteiger partial charge in [0.25, 0.3) is 5.91 Å². The van der Waals surface area contributed by atoms with Gasteiger partial charge in [-0.2, -0.15) is 15.0 Å². The SMILES string of the molecule is O=C(Nc1ccc(-c2nc(N3CCOCC3)nc(N3CCOCC3CO)n2)cc1)Nc1ccc2c(c1)CNC2=O. The Hall–Kier alpha value is -4.33. The van der Waals surface area contributed by atoms with Gasteiger partial charge in [-0.1, -0.05) is 0 Å². The van der Waals surface area contributed by atoms with E-state index in [1.165, 1.54) is 0 Å². The number of nitrogens with zero attached hydrogens (tertiary/aromatic N) is 5. The van der Waals surface area contributed by atoms with E-state index < -0.39 is 6.03 Å². The van der Waals surface area contributed by atoms with E-state index in [2.05, 4.69) is 20.9 Å². The maximum Gasteiger partial charge on any atom is 0.323 e. The quantitative estimate of drug-likeness (QED) is 0.357. The number of benzene rings is 2. The Bertz CT molecular complexity index is 1400. The molecule has 2 saturated heterocycles. The fourth-order valence-corrected chi connectivity index (χ4v) is 4.89. The number of hydrogen-bond donors (Lipinski definition) is 4. The van der Waals surface area contributed by atoms with Gasteiger partial charge in [0.1, 0.15) is 0 Å². The molecule has 13 heteroatoms. The maximum absolute atomic E-state index is 12.6. The lowest BCUT2D eigenvalue weighted by molar-refractivity contribution is 0.0718. The Labute approximate surface area is 230 Å². The van der Waals surface area contributed by atoms with E-state index in [1.807, 2.05) is 17.0 Å². The highest BCUT2D eigenvalue weighted by molar-refractivity contribution is 6.02. The lowest BCUT2D eigenvalue weighted by Crippen LogP contribution is -2.48. The monoisotopic (exact) mass is 546 g/mol. The molecule has 0 aliphatic carbocycles. The molecule has 0 saturated carbocycles. The van der Waals surface area contributed by atoms with Crippen molar-refractivity contribution in [1.29, 1.82) is 0 Å². The topological polar surface area (TPSA) is 154 Å². The fraction of sp³-hybridized carbons (Fsp3) is 0.370. The van der Waals surface area contributed by atoms with Crippen LogP contribution < -0.4 is 25.8 Å². The highest BCUT2D eigenvalue weighted by Crippen LogP contribution is 2.26. The van der Waals surface area contributed by atoms with Crippen LogP contribution >= 0.6 is 0 Å². The molecule has 3 aromatic rings. The van der Waals surface area contributed by atoms with Crippen molar-refractivity contribution in [3.05, 3.63) is 53.6 Å². The Morgan fingerprint density at radius 1 is 0.950 bits per heavy atom. The molecule has 0 spiro atoms. The molecule has 3 aliphatic heterocycles. The van der Waals surface area contributed by atoms with Crippen LogP contribution in [0.4, 0.5) is 28.1 Å². The van der Waals surface area contributed by atoms with Gasteiger partial charge in [0.05, 0.1) is 39.1 Å². The van der Waals surface area contributed by atoms with Gasteiger partial charge in [-0.15, -0.1) is 0 Å². The number of morpholine rings is 2. The lowest BCUT2D eigenvalue weighted by atomic mass is 10.1. The molecule has 3 aliphatic rings. The van der Waals surface area contributed by atoms with Crippen LogP contribution in [0.5, 0.6) is 0 Å². The van der Waals surface area contributed by atoms with Crippen molar-refractivity contribution >= 4 is 35.2 Å². The molecule has 0 bridgehead atoms. The van der Waals surface area contributed by atoms with Crippen LogP contribution in [0.2, 0.25) is 0 Å². The predicted molar refractivity (Wildman–Crippen MR) is 148 cm³/mol. The zero-order valence-corrected chi connectivity index (χ0v) is 21.8. The molecule has 1 atom stereocenters. The third kappa shape index (κ3) is 5.52. The van der Waals surface area contributed by atoms with Crippen LogP contribution in [0.25, 0.3) is 11.4 Å². The van der Waals surface area contributed by atoms with E-state index in [4.69, 9.17) is 24.4 Å². The van der Waals surface area contributed by atoms with Crippen LogP contribution in [-0.2, 0) is 16.0 Å². The number of aromatic nitrogens is 3. The number of carbonyl (C=O) groups is 2. The third-order valence-electron chi connectivity index (χ3n) is 7.05. The molecule has 40 heavy (non-hydrogen) atoms. The van der Waals surface area contributed by atoms with Crippen LogP contribution in [0.3, 0.4) is 0 Å². The zero-order valence-electron chi connectivity index (χ0n) is 21.8. The standard InChI is InChI=1S/C27H30N8O5/c36-15-21-16-40-12-9-35(21)26-32-23(31-25(33-26)34-7-10-39-11-8-34)17-1-3-19(4-2-17)29-27(38)30-20-5-6-22-18(13-20)14-28-24(22)37/h1-6,13,21,36H,7-12,14-16H2,(H,28,37)(H2,29,30,38). The van der Waals surface area contributed by atoms with Crippen molar-refractivity contribution < 1.29 is 24.2 Å². The van der Waals surface area contributed by atoms with Gasteiger partial charge < -0.3 is 40.3 Å². The Balaban J connectivity index is 1.20. The zero-order chi connectivity index (χ0) is 27.5. The van der Waals surface area contributed by atoms with E-state index in [0.717, 1.165) is 11.1 Å². The second-order valence-electron chi connectivity index (χ2n) is 9.67. The van der Waals surface area contributed by atoms with E-state index in [9.17, 15) is 14.7 Å². The molecule has 4 N–H and O–H groups in total. The van der Waals surface area contributed by atoms with Crippen LogP contribution in [0.1, 0.15) is 15.9 Å². The van der Waals surface area contributed by atoms with Gasteiger partial charge in [0.2, 0.25) is 11.9 Å². The van der Waals surface area contributed by atoms with Crippen molar-refractivity contribution in [2.45, 2.75) is 12.6 Å². The predicted octanol–water partition coefficient (Wildman–Crippen LogP) is 1.46. The molecular formula is C27H30N8O5. The second kappa shape index (κ2) is 11.4. The first-order valence-electron chi connectivity index (χ1n) is 13.2. The average molecular weight is 547 g/mol. The summed E-state index contributed by atoms with van der Waals surface area (Å²) >= 11 is 0. The number of urea groups is 1. The van der Waals surface area contributed by atoms with E-state index in [1.54, 1.807) is 30.3 Å². The number of aliphatic hydroxyl groups is 1. The summed E-state index contributed by atoms with van der Waals surface area (Å²) in [6, 6.07) is 11.8. The van der Waals surface area contributed by atoms with Crippen molar-refractivity contribution in [3.8, 4) is 11.4 Å². The molecule has 1 unspecified atom stereocenters. The summed E-state index contributed by atoms with van der Waals surface area (Å²) in [5.74, 6) is 1.43. The summed E-state index contributed by atoms with van der Waals surface area (Å²) in [6.45, 7) is 4.38. The molecule has 1 aromatic heterocycles. The minimum atomic E-state index is -0.399. The van der Waals surface area contributed by atoms with Gasteiger partial charge in [0.15, 0.2) is 5.82 Å². The van der Waals surface area contributed by atoms with Crippen molar-refractivity contribution in [2.24, 2.45) is 0 Å². The third-order valence-corrected chi connectivity index (χ3v) is 7.05. The minimum Gasteiger partial charge on any atom is -0.394 e. The number of ether oxygens (including phenoxy) is 2. The summed E-state index contributed by atoms with van der Waals surface area (Å²) in [5.41, 5.74) is 3.43. The average Bonchev–Trinajstić information content (AvgIpc) is 3.37. The number of nitrogens with one attached hydrogen (secondary N) is 3. The number of hydrogen-bond acceptors (Lipinski definition) is 10. The van der Waals surface area contributed by atoms with Gasteiger partial charge in [-0.25, -0.2) is 4.79 Å². The molecule has 6 rings (SSSR count). The summed E-state index contributed by atoms with van der Waals surface area (Å²) in [4.78, 5) is 42.6. The van der Waals surface area contributed by atoms with Crippen LogP contribution in [0, 0.1) is 0 Å². The van der Waals surface area contributed by atoms with E-state index in [0.29, 0.717) is 87.3 Å². The first kappa shape index (κ1) is 25.9. The number of aliphatic hydroxyl groups excluding tert-OH is 1. The van der Waals surface area contributed by atoms with Crippen LogP contribution in [0.15, 0.2) is 42.5 Å². The van der Waals surface area contributed by atoms with Gasteiger partial charge in [-0.05, 0) is 48.0 Å². The smallest absolute Gasteiger partial charge is 0.323 e. The maximum atomic E-state index is 12.6. The number of fused-ring (bicyclic) bond motifs is 1. The summed E-state index contributed by atoms with van der Waals surface area (Å²) in [5, 5.41) is 18.3. The molecule has 3 amide bonds. The first-order chi connectivity index (χ1) is 19.6. The normalized spacial score (nSPS) is 18.7. The number of carbonyl (C=O) groups excluding carboxylic acids is 2. The number of anilines is 4. The summed E-state index contributed by atoms with van der Waals surface area (Å²) in [6.07, 6.45) is 0. The summed E-state index contributed by atoms with van der Waals surface area (Å²) < 4.78 is 11.0. The molecule has 0 radical (unpaired) electrons. The van der Waals surface area contributed by atoms with Crippen molar-refractivity contribution in [3.63, 3.8) is 0 Å². The fourth-order valence-electron chi connectivity index (χ4n) is 4.89. The van der Waals surface area contributed by atoms with Gasteiger partial charge in [0, 0.05) is 48.7 Å². The molecule has 2 aromatic carbocycles. The number of amides is 3. The highest BCUT2D eigenvalue weighted by atomic mass is 16.5. The van der Waals surface area contributed by atoms with Crippen molar-refractivity contribution in [1.82, 2.24) is 20.3 Å². The molecule has 2 fully saturated rings. The number of rotatable bonds is 6. The van der Waals surface area contributed by atoms with Crippen molar-refractivity contribution in [2.75, 3.05) is 73.1 Å². The summed E-state index contributed by atoms with van der Waals surface area (Å²) in [7, 11) is 0. The Kier molecular flexibility index (Phi) is 7.40. The molecule has 208 valence electrons. The highest BCUT2D eigenvalue weighted by Gasteiger charge is 2.27. The molecule has 13 nitrogen and oxygen atoms in total. The van der Waals surface area contributed by atoms with Crippen LogP contribution in [-0.4, -0.2) is 90.7 Å².